The molecular weight excluding hydrogens is 438 g/mol. The zero-order valence-electron chi connectivity index (χ0n) is 18.6. The summed E-state index contributed by atoms with van der Waals surface area (Å²) in [6.07, 6.45) is 0.551. The summed E-state index contributed by atoms with van der Waals surface area (Å²) >= 11 is 0. The maximum atomic E-state index is 13.0. The van der Waals surface area contributed by atoms with Crippen LogP contribution in [0.1, 0.15) is 23.1 Å². The highest BCUT2D eigenvalue weighted by Gasteiger charge is 2.52. The predicted octanol–water partition coefficient (Wildman–Crippen LogP) is 3.57. The van der Waals surface area contributed by atoms with Crippen molar-refractivity contribution < 1.29 is 22.1 Å². The summed E-state index contributed by atoms with van der Waals surface area (Å²) < 4.78 is 34.4. The third-order valence-corrected chi connectivity index (χ3v) is 6.67. The van der Waals surface area contributed by atoms with Gasteiger partial charge in [0.05, 0.1) is 25.0 Å². The van der Waals surface area contributed by atoms with Crippen molar-refractivity contribution in [3.63, 3.8) is 0 Å². The van der Waals surface area contributed by atoms with E-state index in [-0.39, 0.29) is 13.0 Å². The Morgan fingerprint density at radius 1 is 0.848 bits per heavy atom. The molecule has 0 spiro atoms. The Labute approximate surface area is 194 Å². The van der Waals surface area contributed by atoms with Crippen LogP contribution in [0, 0.1) is 0 Å². The van der Waals surface area contributed by atoms with Crippen LogP contribution in [0.25, 0.3) is 0 Å². The number of likely N-dealkylation sites (tertiary alicyclic amines) is 1. The Balaban J connectivity index is 2.00. The first-order valence-electron chi connectivity index (χ1n) is 10.8. The topological polar surface area (TPSA) is 72.9 Å². The van der Waals surface area contributed by atoms with Crippen molar-refractivity contribution in [3.05, 3.63) is 108 Å². The fourth-order valence-electron chi connectivity index (χ4n) is 4.88. The van der Waals surface area contributed by atoms with Gasteiger partial charge in [-0.2, -0.15) is 8.42 Å². The number of esters is 1. The Kier molecular flexibility index (Phi) is 6.65. The largest absolute Gasteiger partial charge is 0.468 e. The van der Waals surface area contributed by atoms with Crippen LogP contribution in [0.4, 0.5) is 0 Å². The van der Waals surface area contributed by atoms with Crippen molar-refractivity contribution in [1.82, 2.24) is 4.90 Å². The van der Waals surface area contributed by atoms with Crippen molar-refractivity contribution in [1.29, 1.82) is 0 Å². The molecule has 1 fully saturated rings. The maximum absolute atomic E-state index is 13.0. The summed E-state index contributed by atoms with van der Waals surface area (Å²) in [4.78, 5) is 15.0. The maximum Gasteiger partial charge on any atom is 0.323 e. The molecule has 7 heteroatoms. The molecule has 1 heterocycles. The Hall–Kier alpha value is -3.00. The van der Waals surface area contributed by atoms with Gasteiger partial charge in [0.1, 0.15) is 6.04 Å². The van der Waals surface area contributed by atoms with Gasteiger partial charge in [-0.15, -0.1) is 0 Å². The normalized spacial score (nSPS) is 19.3. The Bertz CT molecular complexity index is 1090. The van der Waals surface area contributed by atoms with E-state index in [1.807, 2.05) is 95.9 Å². The molecule has 3 aromatic rings. The van der Waals surface area contributed by atoms with Gasteiger partial charge >= 0.3 is 5.97 Å². The van der Waals surface area contributed by atoms with Crippen molar-refractivity contribution in [2.45, 2.75) is 24.1 Å². The Morgan fingerprint density at radius 2 is 1.27 bits per heavy atom. The molecule has 172 valence electrons. The number of hydrogen-bond donors (Lipinski definition) is 0. The van der Waals surface area contributed by atoms with Crippen LogP contribution in [0.5, 0.6) is 0 Å². The molecule has 2 atom stereocenters. The van der Waals surface area contributed by atoms with Gasteiger partial charge in [-0.3, -0.25) is 13.9 Å². The van der Waals surface area contributed by atoms with E-state index in [0.29, 0.717) is 0 Å². The van der Waals surface area contributed by atoms with E-state index in [4.69, 9.17) is 8.92 Å². The minimum absolute atomic E-state index is 0.202. The fourth-order valence-corrected chi connectivity index (χ4v) is 5.51. The third kappa shape index (κ3) is 4.57. The van der Waals surface area contributed by atoms with Crippen LogP contribution in [0.3, 0.4) is 0 Å². The first-order chi connectivity index (χ1) is 15.9. The molecule has 1 aliphatic heterocycles. The second-order valence-electron chi connectivity index (χ2n) is 8.16. The van der Waals surface area contributed by atoms with Crippen LogP contribution in [0.2, 0.25) is 0 Å². The highest BCUT2D eigenvalue weighted by atomic mass is 32.2. The quantitative estimate of drug-likeness (QED) is 0.302. The molecular formula is C26H27NO5S. The lowest BCUT2D eigenvalue weighted by atomic mass is 9.75. The zero-order valence-corrected chi connectivity index (χ0v) is 19.4. The smallest absolute Gasteiger partial charge is 0.323 e. The predicted molar refractivity (Wildman–Crippen MR) is 126 cm³/mol. The molecule has 0 aromatic heterocycles. The van der Waals surface area contributed by atoms with Gasteiger partial charge in [-0.1, -0.05) is 91.0 Å². The van der Waals surface area contributed by atoms with Crippen LogP contribution in [-0.4, -0.2) is 51.3 Å². The molecule has 0 radical (unpaired) electrons. The summed E-state index contributed by atoms with van der Waals surface area (Å²) in [6.45, 7) is 0.228. The van der Waals surface area contributed by atoms with Gasteiger partial charge in [0.15, 0.2) is 0 Å². The number of benzene rings is 3. The van der Waals surface area contributed by atoms with E-state index in [9.17, 15) is 13.2 Å². The number of nitrogens with zero attached hydrogens (tertiary/aromatic N) is 1. The highest BCUT2D eigenvalue weighted by molar-refractivity contribution is 7.86. The van der Waals surface area contributed by atoms with Gasteiger partial charge in [0.2, 0.25) is 0 Å². The van der Waals surface area contributed by atoms with Gasteiger partial charge in [0.25, 0.3) is 10.1 Å². The molecule has 0 saturated carbocycles. The molecule has 2 unspecified atom stereocenters. The molecule has 1 saturated heterocycles. The lowest BCUT2D eigenvalue weighted by molar-refractivity contribution is -0.147. The molecule has 6 nitrogen and oxygen atoms in total. The molecule has 0 N–H and O–H groups in total. The SMILES string of the molecule is COC(=O)C1CC(OS(C)(=O)=O)CN1C(c1ccccc1)(c1ccccc1)c1ccccc1. The summed E-state index contributed by atoms with van der Waals surface area (Å²) in [5, 5.41) is 0. The first-order valence-corrected chi connectivity index (χ1v) is 12.6. The van der Waals surface area contributed by atoms with E-state index in [2.05, 4.69) is 0 Å². The first kappa shape index (κ1) is 23.2. The van der Waals surface area contributed by atoms with Gasteiger partial charge in [-0.25, -0.2) is 0 Å². The lowest BCUT2D eigenvalue weighted by Crippen LogP contribution is -2.53. The summed E-state index contributed by atoms with van der Waals surface area (Å²) in [5.74, 6) is -0.429. The fraction of sp³-hybridized carbons (Fsp3) is 0.269. The molecule has 0 amide bonds. The highest BCUT2D eigenvalue weighted by Crippen LogP contribution is 2.46. The van der Waals surface area contributed by atoms with E-state index in [1.54, 1.807) is 0 Å². The summed E-state index contributed by atoms with van der Waals surface area (Å²) in [6, 6.07) is 29.1. The molecule has 0 aliphatic carbocycles. The third-order valence-electron chi connectivity index (χ3n) is 6.05. The standard InChI is InChI=1S/C26H27NO5S/c1-31-25(28)24-18-23(32-33(2,29)30)19-27(24)26(20-12-6-3-7-13-20,21-14-8-4-9-15-21)22-16-10-5-11-17-22/h3-17,23-24H,18-19H2,1-2H3. The average Bonchev–Trinajstić information content (AvgIpc) is 3.23. The van der Waals surface area contributed by atoms with Crippen LogP contribution in [0.15, 0.2) is 91.0 Å². The van der Waals surface area contributed by atoms with E-state index >= 15 is 0 Å². The van der Waals surface area contributed by atoms with E-state index < -0.39 is 33.8 Å². The van der Waals surface area contributed by atoms with Gasteiger partial charge in [0, 0.05) is 13.0 Å². The molecule has 0 bridgehead atoms. The number of carbonyl (C=O) groups excluding carboxylic acids is 1. The number of methoxy groups -OCH3 is 1. The number of carbonyl (C=O) groups is 1. The lowest BCUT2D eigenvalue weighted by Gasteiger charge is -2.45. The van der Waals surface area contributed by atoms with E-state index in [1.165, 1.54) is 7.11 Å². The van der Waals surface area contributed by atoms with E-state index in [0.717, 1.165) is 22.9 Å². The number of ether oxygens (including phenoxy) is 1. The zero-order chi connectivity index (χ0) is 23.5. The monoisotopic (exact) mass is 465 g/mol. The van der Waals surface area contributed by atoms with Gasteiger partial charge < -0.3 is 4.74 Å². The van der Waals surface area contributed by atoms with Crippen molar-refractivity contribution >= 4 is 16.1 Å². The molecule has 1 aliphatic rings. The van der Waals surface area contributed by atoms with Crippen LogP contribution >= 0.6 is 0 Å². The van der Waals surface area contributed by atoms with Gasteiger partial charge in [-0.05, 0) is 16.7 Å². The molecule has 3 aromatic carbocycles. The van der Waals surface area contributed by atoms with Crippen LogP contribution in [-0.2, 0) is 29.4 Å². The average molecular weight is 466 g/mol. The second kappa shape index (κ2) is 9.47. The summed E-state index contributed by atoms with van der Waals surface area (Å²) in [5.41, 5.74) is 1.99. The molecule has 33 heavy (non-hydrogen) atoms. The molecule has 4 rings (SSSR count). The summed E-state index contributed by atoms with van der Waals surface area (Å²) in [7, 11) is -2.36. The van der Waals surface area contributed by atoms with Crippen molar-refractivity contribution in [2.75, 3.05) is 19.9 Å². The minimum Gasteiger partial charge on any atom is -0.468 e. The van der Waals surface area contributed by atoms with Crippen molar-refractivity contribution in [2.24, 2.45) is 0 Å². The number of rotatable bonds is 7. The minimum atomic E-state index is -3.70. The van der Waals surface area contributed by atoms with Crippen molar-refractivity contribution in [3.8, 4) is 0 Å². The number of hydrogen-bond acceptors (Lipinski definition) is 6. The Morgan fingerprint density at radius 3 is 1.64 bits per heavy atom. The van der Waals surface area contributed by atoms with Crippen LogP contribution < -0.4 is 0 Å². The second-order valence-corrected chi connectivity index (χ2v) is 9.76.